The van der Waals surface area contributed by atoms with E-state index < -0.39 is 11.5 Å². The predicted molar refractivity (Wildman–Crippen MR) is 91.5 cm³/mol. The van der Waals surface area contributed by atoms with Gasteiger partial charge in [0.15, 0.2) is 0 Å². The number of aliphatic carboxylic acids is 1. The molecule has 0 aliphatic heterocycles. The van der Waals surface area contributed by atoms with Gasteiger partial charge in [-0.3, -0.25) is 9.59 Å². The zero-order valence-electron chi connectivity index (χ0n) is 14.3. The lowest BCUT2D eigenvalue weighted by atomic mass is 9.76. The van der Waals surface area contributed by atoms with E-state index in [0.29, 0.717) is 43.7 Å². The molecule has 1 aliphatic carbocycles. The minimum atomic E-state index is -1.09. The quantitative estimate of drug-likeness (QED) is 0.589. The first kappa shape index (κ1) is 18.8. The largest absolute Gasteiger partial charge is 0.493 e. The van der Waals surface area contributed by atoms with Crippen LogP contribution in [0, 0.1) is 0 Å². The molecule has 1 fully saturated rings. The lowest BCUT2D eigenvalue weighted by Gasteiger charge is -2.38. The van der Waals surface area contributed by atoms with Crippen molar-refractivity contribution in [3.8, 4) is 5.75 Å². The monoisotopic (exact) mass is 348 g/mol. The van der Waals surface area contributed by atoms with Gasteiger partial charge in [-0.2, -0.15) is 0 Å². The fourth-order valence-corrected chi connectivity index (χ4v) is 2.73. The molecule has 0 saturated heterocycles. The van der Waals surface area contributed by atoms with Crippen molar-refractivity contribution in [2.45, 2.75) is 44.6 Å². The topological polar surface area (TPSA) is 105 Å². The van der Waals surface area contributed by atoms with Crippen LogP contribution in [-0.2, 0) is 9.59 Å². The van der Waals surface area contributed by atoms with E-state index in [-0.39, 0.29) is 18.2 Å². The summed E-state index contributed by atoms with van der Waals surface area (Å²) in [6.45, 7) is 2.64. The highest BCUT2D eigenvalue weighted by Gasteiger charge is 2.45. The first-order valence-corrected chi connectivity index (χ1v) is 8.53. The fraction of sp³-hybridized carbons (Fsp3) is 0.500. The molecule has 1 aromatic carbocycles. The van der Waals surface area contributed by atoms with Gasteiger partial charge in [-0.25, -0.2) is 4.79 Å². The normalized spacial score (nSPS) is 14.9. The molecule has 3 N–H and O–H groups in total. The van der Waals surface area contributed by atoms with Crippen molar-refractivity contribution in [1.82, 2.24) is 10.6 Å². The lowest BCUT2D eigenvalue weighted by molar-refractivity contribution is -0.151. The maximum Gasteiger partial charge on any atom is 0.329 e. The molecule has 25 heavy (non-hydrogen) atoms. The van der Waals surface area contributed by atoms with Crippen LogP contribution < -0.4 is 15.4 Å². The standard InChI is InChI=1S/C18H24N2O5/c1-2-25-14-8-4-3-7-13(14)16(22)19-12-5-9-15(21)20-18(17(23)24)10-6-11-18/h3-4,7-8H,2,5-6,9-12H2,1H3,(H,19,22)(H,20,21)(H,23,24). The van der Waals surface area contributed by atoms with Gasteiger partial charge in [-0.15, -0.1) is 0 Å². The van der Waals surface area contributed by atoms with Crippen LogP contribution in [0.1, 0.15) is 49.4 Å². The van der Waals surface area contributed by atoms with Crippen LogP contribution in [0.5, 0.6) is 5.75 Å². The number of rotatable bonds is 9. The maximum atomic E-state index is 12.2. The van der Waals surface area contributed by atoms with E-state index in [4.69, 9.17) is 4.74 Å². The summed E-state index contributed by atoms with van der Waals surface area (Å²) in [5.41, 5.74) is -0.635. The highest BCUT2D eigenvalue weighted by Crippen LogP contribution is 2.32. The molecule has 7 nitrogen and oxygen atoms in total. The van der Waals surface area contributed by atoms with Gasteiger partial charge in [-0.1, -0.05) is 12.1 Å². The Kier molecular flexibility index (Phi) is 6.38. The third-order valence-corrected chi connectivity index (χ3v) is 4.29. The van der Waals surface area contributed by atoms with Gasteiger partial charge < -0.3 is 20.5 Å². The Labute approximate surface area is 146 Å². The van der Waals surface area contributed by atoms with Crippen LogP contribution in [0.2, 0.25) is 0 Å². The van der Waals surface area contributed by atoms with Crippen molar-refractivity contribution in [2.24, 2.45) is 0 Å². The molecule has 0 bridgehead atoms. The summed E-state index contributed by atoms with van der Waals surface area (Å²) in [5, 5.41) is 14.5. The van der Waals surface area contributed by atoms with Gasteiger partial charge in [0.05, 0.1) is 12.2 Å². The van der Waals surface area contributed by atoms with Crippen molar-refractivity contribution in [2.75, 3.05) is 13.2 Å². The average molecular weight is 348 g/mol. The molecule has 0 radical (unpaired) electrons. The van der Waals surface area contributed by atoms with E-state index in [9.17, 15) is 19.5 Å². The number of nitrogens with one attached hydrogen (secondary N) is 2. The van der Waals surface area contributed by atoms with Gasteiger partial charge in [-0.05, 0) is 44.7 Å². The summed E-state index contributed by atoms with van der Waals surface area (Å²) in [6, 6.07) is 6.97. The van der Waals surface area contributed by atoms with Crippen molar-refractivity contribution in [3.05, 3.63) is 29.8 Å². The van der Waals surface area contributed by atoms with Crippen LogP contribution in [0.4, 0.5) is 0 Å². The van der Waals surface area contributed by atoms with Crippen molar-refractivity contribution in [1.29, 1.82) is 0 Å². The van der Waals surface area contributed by atoms with Gasteiger partial charge in [0, 0.05) is 13.0 Å². The summed E-state index contributed by atoms with van der Waals surface area (Å²) >= 11 is 0. The Morgan fingerprint density at radius 1 is 1.24 bits per heavy atom. The third kappa shape index (κ3) is 4.71. The number of carbonyl (C=O) groups excluding carboxylic acids is 2. The molecule has 0 aromatic heterocycles. The summed E-state index contributed by atoms with van der Waals surface area (Å²) in [7, 11) is 0. The van der Waals surface area contributed by atoms with Crippen LogP contribution in [0.3, 0.4) is 0 Å². The van der Waals surface area contributed by atoms with Gasteiger partial charge >= 0.3 is 5.97 Å². The smallest absolute Gasteiger partial charge is 0.329 e. The molecular weight excluding hydrogens is 324 g/mol. The fourth-order valence-electron chi connectivity index (χ4n) is 2.73. The zero-order valence-corrected chi connectivity index (χ0v) is 14.3. The summed E-state index contributed by atoms with van der Waals surface area (Å²) in [4.78, 5) is 35.3. The average Bonchev–Trinajstić information content (AvgIpc) is 2.55. The van der Waals surface area contributed by atoms with Crippen LogP contribution >= 0.6 is 0 Å². The van der Waals surface area contributed by atoms with E-state index in [1.807, 2.05) is 6.92 Å². The highest BCUT2D eigenvalue weighted by molar-refractivity contribution is 5.96. The molecule has 0 atom stereocenters. The van der Waals surface area contributed by atoms with Crippen molar-refractivity contribution in [3.63, 3.8) is 0 Å². The van der Waals surface area contributed by atoms with E-state index in [1.165, 1.54) is 0 Å². The summed E-state index contributed by atoms with van der Waals surface area (Å²) in [5.74, 6) is -1.02. The highest BCUT2D eigenvalue weighted by atomic mass is 16.5. The van der Waals surface area contributed by atoms with Gasteiger partial charge in [0.25, 0.3) is 5.91 Å². The Morgan fingerprint density at radius 3 is 2.56 bits per heavy atom. The number of carboxylic acid groups (broad SMARTS) is 1. The number of amides is 2. The second-order valence-electron chi connectivity index (χ2n) is 6.08. The number of hydrogen-bond donors (Lipinski definition) is 3. The molecule has 2 rings (SSSR count). The molecule has 2 amide bonds. The lowest BCUT2D eigenvalue weighted by Crippen LogP contribution is -2.59. The summed E-state index contributed by atoms with van der Waals surface area (Å²) in [6.07, 6.45) is 2.35. The molecule has 136 valence electrons. The van der Waals surface area contributed by atoms with Gasteiger partial charge in [0.2, 0.25) is 5.91 Å². The number of ether oxygens (including phenoxy) is 1. The molecule has 1 aromatic rings. The molecular formula is C18H24N2O5. The van der Waals surface area contributed by atoms with E-state index >= 15 is 0 Å². The molecule has 0 unspecified atom stereocenters. The van der Waals surface area contributed by atoms with Crippen molar-refractivity contribution >= 4 is 17.8 Å². The summed E-state index contributed by atoms with van der Waals surface area (Å²) < 4.78 is 5.42. The Morgan fingerprint density at radius 2 is 1.96 bits per heavy atom. The Balaban J connectivity index is 1.75. The van der Waals surface area contributed by atoms with Crippen LogP contribution in [-0.4, -0.2) is 41.6 Å². The van der Waals surface area contributed by atoms with Crippen LogP contribution in [0.15, 0.2) is 24.3 Å². The molecule has 0 heterocycles. The minimum absolute atomic E-state index is 0.169. The van der Waals surface area contributed by atoms with E-state index in [0.717, 1.165) is 6.42 Å². The molecule has 0 spiro atoms. The number of carboxylic acids is 1. The zero-order chi connectivity index (χ0) is 18.3. The second kappa shape index (κ2) is 8.50. The molecule has 1 saturated carbocycles. The van der Waals surface area contributed by atoms with Crippen molar-refractivity contribution < 1.29 is 24.2 Å². The first-order chi connectivity index (χ1) is 12.0. The number of hydrogen-bond acceptors (Lipinski definition) is 4. The first-order valence-electron chi connectivity index (χ1n) is 8.53. The third-order valence-electron chi connectivity index (χ3n) is 4.29. The number of benzene rings is 1. The maximum absolute atomic E-state index is 12.2. The Hall–Kier alpha value is -2.57. The minimum Gasteiger partial charge on any atom is -0.493 e. The number of para-hydroxylation sites is 1. The van der Waals surface area contributed by atoms with Gasteiger partial charge in [0.1, 0.15) is 11.3 Å². The SMILES string of the molecule is CCOc1ccccc1C(=O)NCCCC(=O)NC1(C(=O)O)CCC1. The second-order valence-corrected chi connectivity index (χ2v) is 6.08. The van der Waals surface area contributed by atoms with Crippen LogP contribution in [0.25, 0.3) is 0 Å². The molecule has 1 aliphatic rings. The van der Waals surface area contributed by atoms with E-state index in [2.05, 4.69) is 10.6 Å². The molecule has 7 heteroatoms. The number of carbonyl (C=O) groups is 3. The Bertz CT molecular complexity index is 640. The predicted octanol–water partition coefficient (Wildman–Crippen LogP) is 1.72. The van der Waals surface area contributed by atoms with E-state index in [1.54, 1.807) is 24.3 Å².